The molecule has 0 saturated heterocycles. The molecule has 0 spiro atoms. The molecule has 94 valence electrons. The molecule has 18 heavy (non-hydrogen) atoms. The Morgan fingerprint density at radius 1 is 1.22 bits per heavy atom. The highest BCUT2D eigenvalue weighted by Gasteiger charge is 2.13. The largest absolute Gasteiger partial charge is 0.434 e. The van der Waals surface area contributed by atoms with Gasteiger partial charge in [-0.15, -0.1) is 0 Å². The van der Waals surface area contributed by atoms with Crippen LogP contribution in [-0.2, 0) is 0 Å². The number of nitrogen functional groups attached to an aromatic ring is 1. The Hall–Kier alpha value is -2.24. The Kier molecular flexibility index (Phi) is 3.36. The summed E-state index contributed by atoms with van der Waals surface area (Å²) in [5.41, 5.74) is 6.65. The van der Waals surface area contributed by atoms with E-state index in [1.165, 1.54) is 6.07 Å². The lowest BCUT2D eigenvalue weighted by Crippen LogP contribution is -2.04. The van der Waals surface area contributed by atoms with Crippen molar-refractivity contribution in [2.24, 2.45) is 0 Å². The van der Waals surface area contributed by atoms with Crippen molar-refractivity contribution >= 4 is 5.82 Å². The number of nitrogens with two attached hydrogens (primary N) is 1. The smallest absolute Gasteiger partial charge is 0.387 e. The van der Waals surface area contributed by atoms with Crippen molar-refractivity contribution in [2.45, 2.75) is 13.5 Å². The number of rotatable bonds is 3. The molecule has 0 radical (unpaired) electrons. The fourth-order valence-corrected chi connectivity index (χ4v) is 1.56. The number of hydrogen-bond donors (Lipinski definition) is 1. The number of aryl methyl sites for hydroxylation is 1. The van der Waals surface area contributed by atoms with E-state index in [9.17, 15) is 8.78 Å². The molecule has 0 aliphatic heterocycles. The molecule has 0 bridgehead atoms. The molecule has 1 aromatic heterocycles. The second kappa shape index (κ2) is 4.95. The molecule has 1 heterocycles. The minimum Gasteiger partial charge on any atom is -0.434 e. The predicted molar refractivity (Wildman–Crippen MR) is 63.2 cm³/mol. The third kappa shape index (κ3) is 2.71. The summed E-state index contributed by atoms with van der Waals surface area (Å²) in [7, 11) is 0. The van der Waals surface area contributed by atoms with Gasteiger partial charge in [0.2, 0.25) is 0 Å². The fourth-order valence-electron chi connectivity index (χ4n) is 1.56. The van der Waals surface area contributed by atoms with Gasteiger partial charge in [-0.05, 0) is 19.1 Å². The average molecular weight is 251 g/mol. The van der Waals surface area contributed by atoms with E-state index in [1.807, 2.05) is 0 Å². The number of para-hydroxylation sites is 1. The van der Waals surface area contributed by atoms with Crippen molar-refractivity contribution in [3.63, 3.8) is 0 Å². The van der Waals surface area contributed by atoms with Gasteiger partial charge in [0.15, 0.2) is 5.82 Å². The first-order valence-corrected chi connectivity index (χ1v) is 5.21. The van der Waals surface area contributed by atoms with Crippen LogP contribution in [0.2, 0.25) is 0 Å². The zero-order valence-corrected chi connectivity index (χ0v) is 9.60. The van der Waals surface area contributed by atoms with Crippen molar-refractivity contribution in [3.8, 4) is 17.1 Å². The van der Waals surface area contributed by atoms with Crippen LogP contribution in [0.4, 0.5) is 14.6 Å². The molecule has 0 aliphatic carbocycles. The molecule has 0 unspecified atom stereocenters. The molecule has 2 N–H and O–H groups in total. The highest BCUT2D eigenvalue weighted by molar-refractivity contribution is 5.65. The van der Waals surface area contributed by atoms with Crippen molar-refractivity contribution < 1.29 is 13.5 Å². The summed E-state index contributed by atoms with van der Waals surface area (Å²) >= 11 is 0. The van der Waals surface area contributed by atoms with E-state index in [2.05, 4.69) is 14.7 Å². The van der Waals surface area contributed by atoms with Gasteiger partial charge in [0.25, 0.3) is 0 Å². The second-order valence-corrected chi connectivity index (χ2v) is 3.63. The first kappa shape index (κ1) is 12.2. The first-order chi connectivity index (χ1) is 8.56. The predicted octanol–water partition coefficient (Wildman–Crippen LogP) is 2.64. The third-order valence-corrected chi connectivity index (χ3v) is 2.22. The van der Waals surface area contributed by atoms with Gasteiger partial charge in [-0.3, -0.25) is 0 Å². The molecule has 0 amide bonds. The van der Waals surface area contributed by atoms with Crippen molar-refractivity contribution in [3.05, 3.63) is 36.0 Å². The topological polar surface area (TPSA) is 61.0 Å². The maximum absolute atomic E-state index is 12.3. The second-order valence-electron chi connectivity index (χ2n) is 3.63. The van der Waals surface area contributed by atoms with Crippen LogP contribution in [0.3, 0.4) is 0 Å². The molecule has 6 heteroatoms. The molecule has 0 atom stereocenters. The van der Waals surface area contributed by atoms with Crippen molar-refractivity contribution in [1.29, 1.82) is 0 Å². The zero-order valence-electron chi connectivity index (χ0n) is 9.60. The molecule has 0 aliphatic rings. The standard InChI is InChI=1S/C12H11F2N3O/c1-7-6-10(15)17-11(16-7)8-4-2-3-5-9(8)18-12(13)14/h2-6,12H,1H3,(H2,15,16,17). The highest BCUT2D eigenvalue weighted by atomic mass is 19.3. The molecule has 0 fully saturated rings. The highest BCUT2D eigenvalue weighted by Crippen LogP contribution is 2.28. The summed E-state index contributed by atoms with van der Waals surface area (Å²) in [6, 6.07) is 7.92. The van der Waals surface area contributed by atoms with Crippen LogP contribution in [0.1, 0.15) is 5.69 Å². The van der Waals surface area contributed by atoms with Crippen LogP contribution < -0.4 is 10.5 Å². The Balaban J connectivity index is 2.49. The van der Waals surface area contributed by atoms with Crippen molar-refractivity contribution in [1.82, 2.24) is 9.97 Å². The van der Waals surface area contributed by atoms with Gasteiger partial charge in [0.1, 0.15) is 11.6 Å². The van der Waals surface area contributed by atoms with Gasteiger partial charge < -0.3 is 10.5 Å². The van der Waals surface area contributed by atoms with Crippen LogP contribution in [-0.4, -0.2) is 16.6 Å². The van der Waals surface area contributed by atoms with E-state index >= 15 is 0 Å². The number of halogens is 2. The quantitative estimate of drug-likeness (QED) is 0.910. The van der Waals surface area contributed by atoms with Gasteiger partial charge in [-0.1, -0.05) is 12.1 Å². The zero-order chi connectivity index (χ0) is 13.1. The fraction of sp³-hybridized carbons (Fsp3) is 0.167. The number of aromatic nitrogens is 2. The van der Waals surface area contributed by atoms with Gasteiger partial charge in [-0.25, -0.2) is 9.97 Å². The molecule has 0 saturated carbocycles. The number of benzene rings is 1. The molecule has 4 nitrogen and oxygen atoms in total. The lowest BCUT2D eigenvalue weighted by Gasteiger charge is -2.10. The van der Waals surface area contributed by atoms with Crippen molar-refractivity contribution in [2.75, 3.05) is 5.73 Å². The number of anilines is 1. The van der Waals surface area contributed by atoms with E-state index in [0.717, 1.165) is 0 Å². The monoisotopic (exact) mass is 251 g/mol. The maximum atomic E-state index is 12.3. The Morgan fingerprint density at radius 2 is 1.94 bits per heavy atom. The molecular weight excluding hydrogens is 240 g/mol. The molecule has 2 aromatic rings. The number of nitrogens with zero attached hydrogens (tertiary/aromatic N) is 2. The molecular formula is C12H11F2N3O. The lowest BCUT2D eigenvalue weighted by atomic mass is 10.2. The third-order valence-electron chi connectivity index (χ3n) is 2.22. The SMILES string of the molecule is Cc1cc(N)nc(-c2ccccc2OC(F)F)n1. The summed E-state index contributed by atoms with van der Waals surface area (Å²) in [4.78, 5) is 8.17. The summed E-state index contributed by atoms with van der Waals surface area (Å²) < 4.78 is 29.0. The van der Waals surface area contributed by atoms with Crippen LogP contribution in [0.5, 0.6) is 5.75 Å². The van der Waals surface area contributed by atoms with Gasteiger partial charge in [-0.2, -0.15) is 8.78 Å². The van der Waals surface area contributed by atoms with Crippen LogP contribution in [0.15, 0.2) is 30.3 Å². The summed E-state index contributed by atoms with van der Waals surface area (Å²) in [6.45, 7) is -1.15. The van der Waals surface area contributed by atoms with Gasteiger partial charge in [0.05, 0.1) is 5.56 Å². The van der Waals surface area contributed by atoms with Gasteiger partial charge >= 0.3 is 6.61 Å². The van der Waals surface area contributed by atoms with E-state index in [-0.39, 0.29) is 17.4 Å². The molecule has 1 aromatic carbocycles. The Labute approximate surface area is 102 Å². The lowest BCUT2D eigenvalue weighted by molar-refractivity contribution is -0.0494. The summed E-state index contributed by atoms with van der Waals surface area (Å²) in [5.74, 6) is 0.575. The van der Waals surface area contributed by atoms with E-state index in [0.29, 0.717) is 11.3 Å². The minimum absolute atomic E-state index is 0.0255. The number of ether oxygens (including phenoxy) is 1. The minimum atomic E-state index is -2.90. The maximum Gasteiger partial charge on any atom is 0.387 e. The first-order valence-electron chi connectivity index (χ1n) is 5.21. The molecule has 2 rings (SSSR count). The Bertz CT molecular complexity index is 541. The average Bonchev–Trinajstić information content (AvgIpc) is 2.27. The number of alkyl halides is 2. The van der Waals surface area contributed by atoms with Crippen LogP contribution >= 0.6 is 0 Å². The summed E-state index contributed by atoms with van der Waals surface area (Å²) in [6.07, 6.45) is 0. The number of hydrogen-bond acceptors (Lipinski definition) is 4. The van der Waals surface area contributed by atoms with Crippen LogP contribution in [0.25, 0.3) is 11.4 Å². The normalized spacial score (nSPS) is 10.7. The van der Waals surface area contributed by atoms with E-state index in [4.69, 9.17) is 5.73 Å². The van der Waals surface area contributed by atoms with Crippen LogP contribution in [0, 0.1) is 6.92 Å². The van der Waals surface area contributed by atoms with E-state index in [1.54, 1.807) is 31.2 Å². The Morgan fingerprint density at radius 3 is 2.61 bits per heavy atom. The summed E-state index contributed by atoms with van der Waals surface area (Å²) in [5, 5.41) is 0. The van der Waals surface area contributed by atoms with Gasteiger partial charge in [0, 0.05) is 11.8 Å². The van der Waals surface area contributed by atoms with E-state index < -0.39 is 6.61 Å².